The van der Waals surface area contributed by atoms with Gasteiger partial charge in [-0.05, 0) is 43.9 Å². The fraction of sp³-hybridized carbons (Fsp3) is 0.280. The highest BCUT2D eigenvalue weighted by Crippen LogP contribution is 2.40. The van der Waals surface area contributed by atoms with Crippen molar-refractivity contribution in [2.45, 2.75) is 32.6 Å². The Balaban J connectivity index is 1.65. The Morgan fingerprint density at radius 1 is 0.900 bits per heavy atom. The van der Waals surface area contributed by atoms with Gasteiger partial charge in [-0.1, -0.05) is 48.0 Å². The van der Waals surface area contributed by atoms with Crippen LogP contribution in [-0.2, 0) is 6.42 Å². The first-order chi connectivity index (χ1) is 14.6. The van der Waals surface area contributed by atoms with E-state index in [0.717, 1.165) is 58.9 Å². The van der Waals surface area contributed by atoms with Gasteiger partial charge in [0.2, 0.25) is 0 Å². The van der Waals surface area contributed by atoms with Gasteiger partial charge >= 0.3 is 0 Å². The molecule has 0 radical (unpaired) electrons. The summed E-state index contributed by atoms with van der Waals surface area (Å²) in [5.41, 5.74) is 13.4. The summed E-state index contributed by atoms with van der Waals surface area (Å²) in [6, 6.07) is 17.7. The molecule has 1 fully saturated rings. The van der Waals surface area contributed by atoms with Crippen molar-refractivity contribution in [3.63, 3.8) is 0 Å². The molecule has 0 atom stereocenters. The zero-order valence-electron chi connectivity index (χ0n) is 17.3. The van der Waals surface area contributed by atoms with Crippen LogP contribution in [0.1, 0.15) is 42.2 Å². The number of benzene rings is 2. The lowest BCUT2D eigenvalue weighted by atomic mass is 9.93. The Hall–Kier alpha value is -3.34. The Morgan fingerprint density at radius 3 is 2.30 bits per heavy atom. The van der Waals surface area contributed by atoms with Gasteiger partial charge in [-0.2, -0.15) is 9.78 Å². The number of fused-ring (bicyclic) bond motifs is 1. The largest absolute Gasteiger partial charge is 0.399 e. The number of rotatable bonds is 3. The zero-order valence-corrected chi connectivity index (χ0v) is 17.3. The van der Waals surface area contributed by atoms with Crippen molar-refractivity contribution in [3.05, 3.63) is 71.4 Å². The number of carbonyl (C=O) groups excluding carboxylic acids is 1. The number of nitrogens with zero attached hydrogens (tertiary/aromatic N) is 3. The Labute approximate surface area is 176 Å². The third kappa shape index (κ3) is 3.11. The van der Waals surface area contributed by atoms with E-state index < -0.39 is 0 Å². The quantitative estimate of drug-likeness (QED) is 0.644. The lowest BCUT2D eigenvalue weighted by molar-refractivity contribution is 0.0958. The number of hydrogen-bond donors (Lipinski definition) is 1. The average Bonchev–Trinajstić information content (AvgIpc) is 3.16. The molecule has 3 aromatic rings. The molecule has 0 spiro atoms. The smallest absolute Gasteiger partial charge is 0.279 e. The van der Waals surface area contributed by atoms with E-state index in [1.165, 1.54) is 19.3 Å². The summed E-state index contributed by atoms with van der Waals surface area (Å²) >= 11 is 0. The summed E-state index contributed by atoms with van der Waals surface area (Å²) in [7, 11) is 0. The Bertz CT molecular complexity index is 1120. The van der Waals surface area contributed by atoms with Crippen molar-refractivity contribution < 1.29 is 4.79 Å². The maximum absolute atomic E-state index is 13.6. The molecule has 0 amide bonds. The van der Waals surface area contributed by atoms with Crippen LogP contribution in [0, 0.1) is 0 Å². The van der Waals surface area contributed by atoms with Gasteiger partial charge in [-0.3, -0.25) is 4.79 Å². The third-order valence-corrected chi connectivity index (χ3v) is 6.14. The molecule has 152 valence electrons. The topological polar surface area (TPSA) is 64.2 Å². The number of allylic oxidation sites excluding steroid dienone is 2. The van der Waals surface area contributed by atoms with Crippen LogP contribution in [0.25, 0.3) is 16.8 Å². The van der Waals surface area contributed by atoms with E-state index in [1.54, 1.807) is 4.68 Å². The van der Waals surface area contributed by atoms with E-state index in [4.69, 9.17) is 10.8 Å². The monoisotopic (exact) mass is 398 g/mol. The van der Waals surface area contributed by atoms with Crippen LogP contribution >= 0.6 is 0 Å². The molecule has 5 heteroatoms. The minimum Gasteiger partial charge on any atom is -0.399 e. The van der Waals surface area contributed by atoms with Crippen LogP contribution in [-0.4, -0.2) is 28.8 Å². The minimum absolute atomic E-state index is 0.0565. The van der Waals surface area contributed by atoms with Gasteiger partial charge in [0, 0.05) is 36.3 Å². The summed E-state index contributed by atoms with van der Waals surface area (Å²) in [5, 5.41) is 4.87. The van der Waals surface area contributed by atoms with Crippen molar-refractivity contribution in [2.24, 2.45) is 0 Å². The van der Waals surface area contributed by atoms with E-state index in [-0.39, 0.29) is 5.91 Å². The first-order valence-electron chi connectivity index (χ1n) is 10.7. The molecule has 2 aliphatic heterocycles. The summed E-state index contributed by atoms with van der Waals surface area (Å²) in [5.74, 6) is -0.0565. The highest BCUT2D eigenvalue weighted by molar-refractivity contribution is 6.22. The highest BCUT2D eigenvalue weighted by Gasteiger charge is 2.33. The fourth-order valence-electron chi connectivity index (χ4n) is 4.66. The number of hydrogen-bond acceptors (Lipinski definition) is 4. The molecule has 0 bridgehead atoms. The number of piperidine rings is 1. The van der Waals surface area contributed by atoms with E-state index >= 15 is 0 Å². The van der Waals surface area contributed by atoms with Gasteiger partial charge in [-0.25, -0.2) is 0 Å². The maximum Gasteiger partial charge on any atom is 0.279 e. The average molecular weight is 399 g/mol. The van der Waals surface area contributed by atoms with E-state index in [1.807, 2.05) is 42.5 Å². The molecule has 0 aliphatic carbocycles. The standard InChI is InChI=1S/C25H26N4O/c1-17-16-21-24(28-14-6-3-7-15-28)23(19-8-4-2-5-9-19)27-29(21)25(30)22(17)18-10-12-20(26)13-11-18/h2,4-5,8-13H,3,6-7,14-16,26H2,1H3. The SMILES string of the molecule is CC1=C(c2ccc(N)cc2)C(=O)n2nc(-c3ccccc3)c(N3CCCCC3)c2C1. The summed E-state index contributed by atoms with van der Waals surface area (Å²) in [6.45, 7) is 4.09. The number of anilines is 2. The second-order valence-corrected chi connectivity index (χ2v) is 8.23. The van der Waals surface area contributed by atoms with Crippen LogP contribution < -0.4 is 10.6 Å². The lowest BCUT2D eigenvalue weighted by Crippen LogP contribution is -2.31. The number of nitrogens with two attached hydrogens (primary N) is 1. The van der Waals surface area contributed by atoms with E-state index in [9.17, 15) is 4.79 Å². The van der Waals surface area contributed by atoms with Crippen molar-refractivity contribution >= 4 is 22.9 Å². The summed E-state index contributed by atoms with van der Waals surface area (Å²) in [6.07, 6.45) is 4.34. The van der Waals surface area contributed by atoms with Gasteiger partial charge in [0.05, 0.1) is 11.4 Å². The van der Waals surface area contributed by atoms with Crippen molar-refractivity contribution in [3.8, 4) is 11.3 Å². The van der Waals surface area contributed by atoms with Crippen molar-refractivity contribution in [1.29, 1.82) is 0 Å². The fourth-order valence-corrected chi connectivity index (χ4v) is 4.66. The van der Waals surface area contributed by atoms with Crippen molar-refractivity contribution in [1.82, 2.24) is 9.78 Å². The normalized spacial score (nSPS) is 16.7. The molecule has 2 aliphatic rings. The predicted molar refractivity (Wildman–Crippen MR) is 122 cm³/mol. The van der Waals surface area contributed by atoms with Crippen molar-refractivity contribution in [2.75, 3.05) is 23.7 Å². The van der Waals surface area contributed by atoms with Gasteiger partial charge in [0.25, 0.3) is 5.91 Å². The molecular formula is C25H26N4O. The maximum atomic E-state index is 13.6. The first-order valence-corrected chi connectivity index (χ1v) is 10.7. The molecule has 5 nitrogen and oxygen atoms in total. The number of carbonyl (C=O) groups is 1. The third-order valence-electron chi connectivity index (χ3n) is 6.14. The number of nitrogen functional groups attached to an aromatic ring is 1. The predicted octanol–water partition coefficient (Wildman–Crippen LogP) is 4.79. The molecule has 5 rings (SSSR count). The molecule has 1 saturated heterocycles. The summed E-state index contributed by atoms with van der Waals surface area (Å²) in [4.78, 5) is 16.0. The number of aromatic nitrogens is 2. The van der Waals surface area contributed by atoms with Crippen LogP contribution in [0.2, 0.25) is 0 Å². The second-order valence-electron chi connectivity index (χ2n) is 8.23. The minimum atomic E-state index is -0.0565. The van der Waals surface area contributed by atoms with Gasteiger partial charge in [0.1, 0.15) is 5.69 Å². The molecule has 1 aromatic heterocycles. The van der Waals surface area contributed by atoms with Gasteiger partial charge in [0.15, 0.2) is 0 Å². The second kappa shape index (κ2) is 7.48. The molecule has 0 unspecified atom stereocenters. The lowest BCUT2D eigenvalue weighted by Gasteiger charge is -2.30. The molecular weight excluding hydrogens is 372 g/mol. The van der Waals surface area contributed by atoms with Crippen LogP contribution in [0.5, 0.6) is 0 Å². The Morgan fingerprint density at radius 2 is 1.60 bits per heavy atom. The molecule has 0 saturated carbocycles. The Kier molecular flexibility index (Phi) is 4.66. The van der Waals surface area contributed by atoms with E-state index in [0.29, 0.717) is 5.69 Å². The molecule has 2 aromatic carbocycles. The van der Waals surface area contributed by atoms with Crippen LogP contribution in [0.15, 0.2) is 60.2 Å². The highest BCUT2D eigenvalue weighted by atomic mass is 16.2. The zero-order chi connectivity index (χ0) is 20.7. The first kappa shape index (κ1) is 18.7. The molecule has 30 heavy (non-hydrogen) atoms. The molecule has 2 N–H and O–H groups in total. The van der Waals surface area contributed by atoms with Crippen LogP contribution in [0.3, 0.4) is 0 Å². The van der Waals surface area contributed by atoms with Crippen LogP contribution in [0.4, 0.5) is 11.4 Å². The van der Waals surface area contributed by atoms with Gasteiger partial charge < -0.3 is 10.6 Å². The van der Waals surface area contributed by atoms with E-state index in [2.05, 4.69) is 24.0 Å². The summed E-state index contributed by atoms with van der Waals surface area (Å²) < 4.78 is 1.64. The van der Waals surface area contributed by atoms with Gasteiger partial charge in [-0.15, -0.1) is 0 Å². The molecule has 3 heterocycles.